The molecule has 4 amide bonds. The number of carbonyl (C=O) groups excluding carboxylic acids is 4. The number of nitrogens with zero attached hydrogens (tertiary/aromatic N) is 2. The first-order valence-electron chi connectivity index (χ1n) is 15.9. The van der Waals surface area contributed by atoms with Gasteiger partial charge in [0.2, 0.25) is 17.7 Å². The molecule has 0 aromatic heterocycles. The second-order valence-electron chi connectivity index (χ2n) is 11.7. The van der Waals surface area contributed by atoms with Crippen LogP contribution < -0.4 is 26.2 Å². The van der Waals surface area contributed by atoms with Crippen molar-refractivity contribution in [3.8, 4) is 0 Å². The Bertz CT molecular complexity index is 2060. The topological polar surface area (TPSA) is 125 Å². The number of fused-ring (bicyclic) bond motifs is 1. The number of hydrogen-bond acceptors (Lipinski definition) is 5. The van der Waals surface area contributed by atoms with E-state index in [1.54, 1.807) is 115 Å². The van der Waals surface area contributed by atoms with Crippen molar-refractivity contribution in [1.29, 1.82) is 0 Å². The number of carbonyl (C=O) groups is 4. The summed E-state index contributed by atoms with van der Waals surface area (Å²) in [6, 6.07) is 33.9. The molecule has 9 nitrogen and oxygen atoms in total. The Balaban J connectivity index is 0.00000504. The Morgan fingerprint density at radius 2 is 1.39 bits per heavy atom. The Morgan fingerprint density at radius 1 is 0.765 bits per heavy atom. The molecule has 0 bridgehead atoms. The van der Waals surface area contributed by atoms with E-state index in [-0.39, 0.29) is 37.0 Å². The van der Waals surface area contributed by atoms with Crippen molar-refractivity contribution in [1.82, 2.24) is 5.32 Å². The molecule has 5 aromatic rings. The normalized spacial score (nSPS) is 13.9. The second kappa shape index (κ2) is 16.4. The molecule has 0 saturated heterocycles. The van der Waals surface area contributed by atoms with Crippen LogP contribution in [-0.2, 0) is 34.0 Å². The van der Waals surface area contributed by atoms with E-state index in [4.69, 9.17) is 17.3 Å². The Hall–Kier alpha value is -5.55. The van der Waals surface area contributed by atoms with Gasteiger partial charge in [0.25, 0.3) is 5.91 Å². The smallest absolute Gasteiger partial charge is 0.257 e. The zero-order chi connectivity index (χ0) is 35.2. The average Bonchev–Trinajstić information content (AvgIpc) is 3.21. The summed E-state index contributed by atoms with van der Waals surface area (Å²) >= 11 is 6.18. The number of benzene rings is 5. The maximum Gasteiger partial charge on any atom is 0.257 e. The third-order valence-corrected chi connectivity index (χ3v) is 8.75. The van der Waals surface area contributed by atoms with Gasteiger partial charge in [-0.05, 0) is 65.7 Å². The number of hydrogen-bond donors (Lipinski definition) is 3. The number of rotatable bonds is 10. The molecular weight excluding hydrogens is 692 g/mol. The van der Waals surface area contributed by atoms with Crippen LogP contribution >= 0.6 is 24.0 Å². The van der Waals surface area contributed by atoms with Gasteiger partial charge in [-0.1, -0.05) is 78.3 Å². The van der Waals surface area contributed by atoms with E-state index in [1.807, 2.05) is 0 Å². The van der Waals surface area contributed by atoms with Crippen molar-refractivity contribution in [2.75, 3.05) is 15.1 Å². The molecule has 0 radical (unpaired) electrons. The fraction of sp³-hybridized carbons (Fsp3) is 0.128. The molecule has 1 atom stereocenters. The Morgan fingerprint density at radius 3 is 2.08 bits per heavy atom. The van der Waals surface area contributed by atoms with Crippen LogP contribution in [0.1, 0.15) is 33.5 Å². The minimum absolute atomic E-state index is 0. The van der Waals surface area contributed by atoms with E-state index < -0.39 is 35.9 Å². The van der Waals surface area contributed by atoms with Gasteiger partial charge in [0.1, 0.15) is 11.7 Å². The average molecular weight is 727 g/mol. The first-order valence-corrected chi connectivity index (χ1v) is 16.3. The first kappa shape index (κ1) is 36.7. The molecule has 12 heteroatoms. The highest BCUT2D eigenvalue weighted by Gasteiger charge is 2.42. The van der Waals surface area contributed by atoms with E-state index in [0.717, 1.165) is 5.56 Å². The fourth-order valence-electron chi connectivity index (χ4n) is 5.77. The lowest BCUT2D eigenvalue weighted by Crippen LogP contribution is -2.43. The van der Waals surface area contributed by atoms with Crippen LogP contribution in [0.3, 0.4) is 0 Å². The zero-order valence-electron chi connectivity index (χ0n) is 27.2. The molecule has 0 spiro atoms. The van der Waals surface area contributed by atoms with Crippen molar-refractivity contribution >= 4 is 70.4 Å². The van der Waals surface area contributed by atoms with Gasteiger partial charge in [-0.3, -0.25) is 24.1 Å². The highest BCUT2D eigenvalue weighted by molar-refractivity contribution is 6.34. The number of para-hydroxylation sites is 2. The van der Waals surface area contributed by atoms with Gasteiger partial charge >= 0.3 is 0 Å². The third kappa shape index (κ3) is 8.26. The summed E-state index contributed by atoms with van der Waals surface area (Å²) in [6.45, 7) is 0.272. The summed E-state index contributed by atoms with van der Waals surface area (Å²) in [5.74, 6) is -3.97. The number of amides is 4. The molecule has 1 heterocycles. The summed E-state index contributed by atoms with van der Waals surface area (Å²) in [7, 11) is 0. The van der Waals surface area contributed by atoms with Crippen LogP contribution in [0.15, 0.2) is 121 Å². The van der Waals surface area contributed by atoms with Crippen molar-refractivity contribution < 1.29 is 23.6 Å². The summed E-state index contributed by atoms with van der Waals surface area (Å²) in [6.07, 6.45) is -0.457. The van der Waals surface area contributed by atoms with Crippen LogP contribution in [0.2, 0.25) is 5.02 Å². The highest BCUT2D eigenvalue weighted by atomic mass is 35.5. The molecule has 1 unspecified atom stereocenters. The zero-order valence-corrected chi connectivity index (χ0v) is 28.8. The van der Waals surface area contributed by atoms with E-state index in [9.17, 15) is 23.6 Å². The summed E-state index contributed by atoms with van der Waals surface area (Å²) in [5, 5.41) is 5.82. The van der Waals surface area contributed by atoms with Crippen LogP contribution in [0.25, 0.3) is 0 Å². The van der Waals surface area contributed by atoms with Gasteiger partial charge < -0.3 is 21.3 Å². The van der Waals surface area contributed by atoms with Crippen molar-refractivity contribution in [3.63, 3.8) is 0 Å². The molecule has 4 N–H and O–H groups in total. The lowest BCUT2D eigenvalue weighted by Gasteiger charge is -2.26. The van der Waals surface area contributed by atoms with E-state index in [2.05, 4.69) is 10.6 Å². The molecule has 0 aliphatic carbocycles. The molecule has 1 aliphatic rings. The lowest BCUT2D eigenvalue weighted by molar-refractivity contribution is -0.136. The van der Waals surface area contributed by atoms with Crippen molar-refractivity contribution in [2.24, 2.45) is 11.7 Å². The monoisotopic (exact) mass is 725 g/mol. The van der Waals surface area contributed by atoms with Gasteiger partial charge in [0.05, 0.1) is 28.5 Å². The largest absolute Gasteiger partial charge is 0.352 e. The lowest BCUT2D eigenvalue weighted by atomic mass is 10.0. The molecule has 6 rings (SSSR count). The molecule has 1 aliphatic heterocycles. The molecular formula is C39H34Cl2FN5O4. The summed E-state index contributed by atoms with van der Waals surface area (Å²) in [5.41, 5.74) is 9.95. The van der Waals surface area contributed by atoms with Gasteiger partial charge in [-0.25, -0.2) is 4.39 Å². The second-order valence-corrected chi connectivity index (χ2v) is 12.1. The third-order valence-electron chi connectivity index (χ3n) is 8.42. The van der Waals surface area contributed by atoms with E-state index in [0.29, 0.717) is 45.4 Å². The number of anilines is 4. The summed E-state index contributed by atoms with van der Waals surface area (Å²) < 4.78 is 14.3. The van der Waals surface area contributed by atoms with E-state index in [1.165, 1.54) is 15.9 Å². The summed E-state index contributed by atoms with van der Waals surface area (Å²) in [4.78, 5) is 57.8. The van der Waals surface area contributed by atoms with Crippen molar-refractivity contribution in [2.45, 2.75) is 26.1 Å². The van der Waals surface area contributed by atoms with E-state index >= 15 is 0 Å². The van der Waals surface area contributed by atoms with Crippen LogP contribution in [-0.4, -0.2) is 23.6 Å². The molecule has 260 valence electrons. The highest BCUT2D eigenvalue weighted by Crippen LogP contribution is 2.40. The predicted molar refractivity (Wildman–Crippen MR) is 199 cm³/mol. The van der Waals surface area contributed by atoms with Gasteiger partial charge in [0.15, 0.2) is 0 Å². The van der Waals surface area contributed by atoms with Gasteiger partial charge in [-0.2, -0.15) is 0 Å². The number of halogens is 3. The molecule has 0 saturated carbocycles. The minimum atomic E-state index is -1.40. The maximum atomic E-state index is 14.4. The Kier molecular flexibility index (Phi) is 11.8. The Labute approximate surface area is 305 Å². The van der Waals surface area contributed by atoms with Crippen LogP contribution in [0.4, 0.5) is 27.1 Å². The van der Waals surface area contributed by atoms with Crippen LogP contribution in [0.5, 0.6) is 0 Å². The molecule has 5 aromatic carbocycles. The van der Waals surface area contributed by atoms with Crippen LogP contribution in [0, 0.1) is 11.7 Å². The quantitative estimate of drug-likeness (QED) is 0.132. The molecule has 51 heavy (non-hydrogen) atoms. The number of nitrogens with two attached hydrogens (primary N) is 1. The standard InChI is InChI=1S/C39H33ClFN5O4.ClH/c40-32-9-3-2-8-30(32)37(48)44-28-17-13-26(14-18-28)24-45-34-11-5-6-12-35(34)46(29-19-15-25(22-42)16-20-29)39(50)31(38(45)49)21-36(47)43-23-27-7-1-4-10-33(27)41;/h1-20,31H,21-24,42H2,(H,43,47)(H,44,48);1H. The van der Waals surface area contributed by atoms with Crippen molar-refractivity contribution in [3.05, 3.63) is 154 Å². The van der Waals surface area contributed by atoms with Gasteiger partial charge in [-0.15, -0.1) is 12.4 Å². The molecule has 0 fully saturated rings. The van der Waals surface area contributed by atoms with Gasteiger partial charge in [0, 0.05) is 36.4 Å². The minimum Gasteiger partial charge on any atom is -0.352 e. The first-order chi connectivity index (χ1) is 24.2. The SMILES string of the molecule is Cl.NCc1ccc(N2C(=O)C(CC(=O)NCc3ccccc3F)C(=O)N(Cc3ccc(NC(=O)c4ccccc4Cl)cc3)c3ccccc32)cc1. The predicted octanol–water partition coefficient (Wildman–Crippen LogP) is 7.15. The fourth-order valence-corrected chi connectivity index (χ4v) is 5.99. The number of nitrogens with one attached hydrogen (secondary N) is 2. The maximum absolute atomic E-state index is 14.4.